The third-order valence-electron chi connectivity index (χ3n) is 3.19. The number of nitrogens with zero attached hydrogens (tertiary/aromatic N) is 1. The van der Waals surface area contributed by atoms with Gasteiger partial charge in [-0.1, -0.05) is 12.1 Å². The number of hydrogen-bond donors (Lipinski definition) is 2. The fraction of sp³-hybridized carbons (Fsp3) is 0.312. The van der Waals surface area contributed by atoms with Crippen LogP contribution in [0.5, 0.6) is 0 Å². The normalized spacial score (nSPS) is 12.0. The molecule has 0 bridgehead atoms. The second kappa shape index (κ2) is 7.61. The molecule has 0 saturated heterocycles. The third kappa shape index (κ3) is 4.56. The molecule has 5 nitrogen and oxygen atoms in total. The van der Waals surface area contributed by atoms with Crippen molar-refractivity contribution in [2.75, 3.05) is 0 Å². The molecule has 0 radical (unpaired) electrons. The zero-order chi connectivity index (χ0) is 17.0. The average molecular weight is 350 g/mol. The molecule has 1 atom stereocenters. The lowest BCUT2D eigenvalue weighted by Crippen LogP contribution is -2.23. The van der Waals surface area contributed by atoms with Crippen molar-refractivity contribution in [1.29, 1.82) is 0 Å². The van der Waals surface area contributed by atoms with Crippen molar-refractivity contribution >= 4 is 35.0 Å². The van der Waals surface area contributed by atoms with Crippen molar-refractivity contribution < 1.29 is 14.7 Å². The average Bonchev–Trinajstić information content (AvgIpc) is 2.83. The molecular weight excluding hydrogens is 332 g/mol. The summed E-state index contributed by atoms with van der Waals surface area (Å²) in [6, 6.07) is 7.04. The van der Waals surface area contributed by atoms with Gasteiger partial charge in [-0.25, -0.2) is 4.98 Å². The molecule has 0 fully saturated rings. The molecule has 2 aromatic rings. The zero-order valence-corrected chi connectivity index (χ0v) is 14.8. The van der Waals surface area contributed by atoms with Crippen LogP contribution in [0.1, 0.15) is 32.9 Å². The molecule has 1 aromatic heterocycles. The van der Waals surface area contributed by atoms with Crippen molar-refractivity contribution in [2.45, 2.75) is 37.5 Å². The molecule has 1 aromatic carbocycles. The summed E-state index contributed by atoms with van der Waals surface area (Å²) in [5, 5.41) is 12.3. The minimum Gasteiger partial charge on any atom is -0.480 e. The van der Waals surface area contributed by atoms with E-state index in [4.69, 9.17) is 5.11 Å². The van der Waals surface area contributed by atoms with Crippen molar-refractivity contribution in [2.24, 2.45) is 0 Å². The molecule has 2 rings (SSSR count). The minimum atomic E-state index is -0.902. The Morgan fingerprint density at radius 3 is 2.65 bits per heavy atom. The summed E-state index contributed by atoms with van der Waals surface area (Å²) in [7, 11) is 0. The van der Waals surface area contributed by atoms with Gasteiger partial charge in [0.05, 0.1) is 22.8 Å². The van der Waals surface area contributed by atoms with Crippen LogP contribution in [0, 0.1) is 13.8 Å². The largest absolute Gasteiger partial charge is 0.480 e. The molecule has 122 valence electrons. The van der Waals surface area contributed by atoms with E-state index in [1.807, 2.05) is 13.8 Å². The number of benzene rings is 1. The summed E-state index contributed by atoms with van der Waals surface area (Å²) in [4.78, 5) is 29.5. The van der Waals surface area contributed by atoms with Gasteiger partial charge in [0.2, 0.25) is 0 Å². The van der Waals surface area contributed by atoms with Crippen molar-refractivity contribution in [3.8, 4) is 0 Å². The number of rotatable bonds is 6. The van der Waals surface area contributed by atoms with Gasteiger partial charge in [-0.3, -0.25) is 9.59 Å². The molecular formula is C16H18N2O3S2. The van der Waals surface area contributed by atoms with Crippen LogP contribution >= 0.6 is 23.1 Å². The van der Waals surface area contributed by atoms with E-state index in [0.717, 1.165) is 15.6 Å². The lowest BCUT2D eigenvalue weighted by Gasteiger charge is -2.11. The van der Waals surface area contributed by atoms with E-state index in [2.05, 4.69) is 10.3 Å². The molecule has 0 saturated carbocycles. The SMILES string of the molecule is Cc1nc(C)c(CNC(=O)c2ccccc2SC(C)C(=O)O)s1. The number of thiazole rings is 1. The second-order valence-electron chi connectivity index (χ2n) is 5.02. The van der Waals surface area contributed by atoms with Crippen LogP contribution in [0.3, 0.4) is 0 Å². The van der Waals surface area contributed by atoms with Gasteiger partial charge in [0.15, 0.2) is 0 Å². The standard InChI is InChI=1S/C16H18N2O3S2/c1-9-14(23-11(3)18-9)8-17-15(19)12-6-4-5-7-13(12)22-10(2)16(20)21/h4-7,10H,8H2,1-3H3,(H,17,19)(H,20,21). The fourth-order valence-electron chi connectivity index (χ4n) is 1.99. The van der Waals surface area contributed by atoms with Crippen molar-refractivity contribution in [1.82, 2.24) is 10.3 Å². The maximum atomic E-state index is 12.4. The summed E-state index contributed by atoms with van der Waals surface area (Å²) in [6.45, 7) is 5.88. The highest BCUT2D eigenvalue weighted by molar-refractivity contribution is 8.00. The van der Waals surface area contributed by atoms with Gasteiger partial charge < -0.3 is 10.4 Å². The Balaban J connectivity index is 2.10. The van der Waals surface area contributed by atoms with E-state index < -0.39 is 11.2 Å². The second-order valence-corrected chi connectivity index (χ2v) is 7.69. The number of carbonyl (C=O) groups is 2. The summed E-state index contributed by atoms with van der Waals surface area (Å²) in [6.07, 6.45) is 0. The van der Waals surface area contributed by atoms with Crippen LogP contribution < -0.4 is 5.32 Å². The van der Waals surface area contributed by atoms with E-state index in [1.165, 1.54) is 11.8 Å². The number of amides is 1. The number of carbonyl (C=O) groups excluding carboxylic acids is 1. The van der Waals surface area contributed by atoms with Gasteiger partial charge in [0.25, 0.3) is 5.91 Å². The Morgan fingerprint density at radius 1 is 1.35 bits per heavy atom. The Hall–Kier alpha value is -1.86. The zero-order valence-electron chi connectivity index (χ0n) is 13.1. The van der Waals surface area contributed by atoms with Crippen LogP contribution in [-0.4, -0.2) is 27.2 Å². The molecule has 2 N–H and O–H groups in total. The highest BCUT2D eigenvalue weighted by Crippen LogP contribution is 2.27. The van der Waals surface area contributed by atoms with E-state index in [-0.39, 0.29) is 5.91 Å². The number of hydrogen-bond acceptors (Lipinski definition) is 5. The van der Waals surface area contributed by atoms with Gasteiger partial charge in [-0.05, 0) is 32.9 Å². The van der Waals surface area contributed by atoms with Crippen molar-refractivity contribution in [3.63, 3.8) is 0 Å². The summed E-state index contributed by atoms with van der Waals surface area (Å²) >= 11 is 2.73. The first-order valence-corrected chi connectivity index (χ1v) is 8.77. The summed E-state index contributed by atoms with van der Waals surface area (Å²) < 4.78 is 0. The Labute approximate surface area is 143 Å². The predicted molar refractivity (Wildman–Crippen MR) is 92.2 cm³/mol. The van der Waals surface area contributed by atoms with Crippen LogP contribution in [0.4, 0.5) is 0 Å². The number of nitrogens with one attached hydrogen (secondary N) is 1. The number of aliphatic carboxylic acids is 1. The number of carboxylic acid groups (broad SMARTS) is 1. The molecule has 0 aliphatic heterocycles. The molecule has 0 spiro atoms. The maximum absolute atomic E-state index is 12.4. The smallest absolute Gasteiger partial charge is 0.316 e. The maximum Gasteiger partial charge on any atom is 0.316 e. The van der Waals surface area contributed by atoms with Gasteiger partial charge in [0, 0.05) is 9.77 Å². The van der Waals surface area contributed by atoms with Crippen LogP contribution in [0.2, 0.25) is 0 Å². The quantitative estimate of drug-likeness (QED) is 0.782. The number of aryl methyl sites for hydroxylation is 2. The highest BCUT2D eigenvalue weighted by Gasteiger charge is 2.18. The fourth-order valence-corrected chi connectivity index (χ4v) is 3.79. The molecule has 0 aliphatic rings. The molecule has 23 heavy (non-hydrogen) atoms. The topological polar surface area (TPSA) is 79.3 Å². The van der Waals surface area contributed by atoms with Gasteiger partial charge in [-0.2, -0.15) is 0 Å². The first-order chi connectivity index (χ1) is 10.9. The number of carboxylic acids is 1. The van der Waals surface area contributed by atoms with Crippen LogP contribution in [0.25, 0.3) is 0 Å². The Bertz CT molecular complexity index is 728. The monoisotopic (exact) mass is 350 g/mol. The van der Waals surface area contributed by atoms with E-state index in [1.54, 1.807) is 42.5 Å². The van der Waals surface area contributed by atoms with E-state index >= 15 is 0 Å². The van der Waals surface area contributed by atoms with E-state index in [0.29, 0.717) is 17.0 Å². The first kappa shape index (κ1) is 17.5. The first-order valence-electron chi connectivity index (χ1n) is 7.08. The van der Waals surface area contributed by atoms with Gasteiger partial charge in [-0.15, -0.1) is 23.1 Å². The van der Waals surface area contributed by atoms with Gasteiger partial charge in [0.1, 0.15) is 5.25 Å². The lowest BCUT2D eigenvalue weighted by atomic mass is 10.2. The van der Waals surface area contributed by atoms with Crippen LogP contribution in [0.15, 0.2) is 29.2 Å². The predicted octanol–water partition coefficient (Wildman–Crippen LogP) is 3.26. The number of thioether (sulfide) groups is 1. The molecule has 0 aliphatic carbocycles. The summed E-state index contributed by atoms with van der Waals surface area (Å²) in [5.41, 5.74) is 1.42. The Morgan fingerprint density at radius 2 is 2.04 bits per heavy atom. The van der Waals surface area contributed by atoms with E-state index in [9.17, 15) is 9.59 Å². The lowest BCUT2D eigenvalue weighted by molar-refractivity contribution is -0.136. The minimum absolute atomic E-state index is 0.212. The van der Waals surface area contributed by atoms with Crippen molar-refractivity contribution in [3.05, 3.63) is 45.4 Å². The number of aromatic nitrogens is 1. The molecule has 1 unspecified atom stereocenters. The highest BCUT2D eigenvalue weighted by atomic mass is 32.2. The molecule has 1 amide bonds. The summed E-state index contributed by atoms with van der Waals surface area (Å²) in [5.74, 6) is -1.11. The molecule has 1 heterocycles. The van der Waals surface area contributed by atoms with Crippen LogP contribution in [-0.2, 0) is 11.3 Å². The van der Waals surface area contributed by atoms with Gasteiger partial charge >= 0.3 is 5.97 Å². The Kier molecular flexibility index (Phi) is 5.79. The third-order valence-corrected chi connectivity index (χ3v) is 5.43. The molecule has 7 heteroatoms.